The Hall–Kier alpha value is -2.09. The van der Waals surface area contributed by atoms with Crippen LogP contribution in [0.1, 0.15) is 13.8 Å². The fourth-order valence-corrected chi connectivity index (χ4v) is 2.61. The SMILES string of the molecule is CC1=CNC(=O)N[C@]12O[C@@]1(C)C(=N)NC(=O)N[C@H]12. The average Bonchev–Trinajstić information content (AvgIpc) is 2.29. The Kier molecular flexibility index (Phi) is 1.85. The van der Waals surface area contributed by atoms with Crippen molar-refractivity contribution in [3.63, 3.8) is 0 Å². The van der Waals surface area contributed by atoms with Crippen LogP contribution in [0.3, 0.4) is 0 Å². The third-order valence-corrected chi connectivity index (χ3v) is 3.65. The van der Waals surface area contributed by atoms with Gasteiger partial charge >= 0.3 is 12.1 Å². The summed E-state index contributed by atoms with van der Waals surface area (Å²) in [4.78, 5) is 22.9. The maximum Gasteiger partial charge on any atom is 0.321 e. The highest BCUT2D eigenvalue weighted by Gasteiger charge is 2.69. The number of rotatable bonds is 0. The highest BCUT2D eigenvalue weighted by atomic mass is 16.6. The molecule has 3 aliphatic rings. The van der Waals surface area contributed by atoms with Gasteiger partial charge in [0.2, 0.25) is 0 Å². The lowest BCUT2D eigenvalue weighted by Crippen LogP contribution is -2.89. The molecule has 3 rings (SSSR count). The van der Waals surface area contributed by atoms with E-state index in [4.69, 9.17) is 10.1 Å². The molecule has 0 saturated carbocycles. The summed E-state index contributed by atoms with van der Waals surface area (Å²) in [7, 11) is 0. The standard InChI is InChI=1S/C10H13N5O3/c1-4-3-12-7(16)15-10(4)5-9(2,18-10)6(11)14-8(17)13-5/h3,5H,1-2H3,(H2,12,15,16)(H3,11,13,14,17)/t5-,9-,10+/m1/s1. The monoisotopic (exact) mass is 251 g/mol. The first kappa shape index (κ1) is 11.0. The molecule has 0 bridgehead atoms. The van der Waals surface area contributed by atoms with Crippen LogP contribution in [0.25, 0.3) is 0 Å². The number of nitrogens with one attached hydrogen (secondary N) is 5. The van der Waals surface area contributed by atoms with Gasteiger partial charge in [-0.05, 0) is 19.4 Å². The number of urea groups is 2. The van der Waals surface area contributed by atoms with Gasteiger partial charge < -0.3 is 20.7 Å². The highest BCUT2D eigenvalue weighted by Crippen LogP contribution is 2.46. The van der Waals surface area contributed by atoms with Crippen molar-refractivity contribution in [1.82, 2.24) is 21.3 Å². The molecular weight excluding hydrogens is 238 g/mol. The lowest BCUT2D eigenvalue weighted by Gasteiger charge is -2.63. The van der Waals surface area contributed by atoms with Gasteiger partial charge in [0.15, 0.2) is 11.3 Å². The van der Waals surface area contributed by atoms with Gasteiger partial charge in [-0.25, -0.2) is 9.59 Å². The molecule has 3 atom stereocenters. The van der Waals surface area contributed by atoms with E-state index < -0.39 is 29.4 Å². The Morgan fingerprint density at radius 2 is 2.11 bits per heavy atom. The smallest absolute Gasteiger partial charge is 0.321 e. The summed E-state index contributed by atoms with van der Waals surface area (Å²) in [5.74, 6) is -0.0116. The number of hydrogen-bond acceptors (Lipinski definition) is 4. The van der Waals surface area contributed by atoms with Gasteiger partial charge in [-0.2, -0.15) is 0 Å². The quantitative estimate of drug-likeness (QED) is 0.394. The van der Waals surface area contributed by atoms with Crippen LogP contribution in [0.2, 0.25) is 0 Å². The molecule has 2 saturated heterocycles. The zero-order valence-corrected chi connectivity index (χ0v) is 9.88. The Morgan fingerprint density at radius 3 is 2.83 bits per heavy atom. The van der Waals surface area contributed by atoms with Crippen LogP contribution in [0, 0.1) is 5.41 Å². The molecule has 3 aliphatic heterocycles. The van der Waals surface area contributed by atoms with Gasteiger partial charge in [-0.3, -0.25) is 10.7 Å². The highest BCUT2D eigenvalue weighted by molar-refractivity contribution is 6.05. The topological polar surface area (TPSA) is 115 Å². The van der Waals surface area contributed by atoms with Crippen molar-refractivity contribution < 1.29 is 14.3 Å². The number of hydrogen-bond donors (Lipinski definition) is 5. The van der Waals surface area contributed by atoms with Crippen LogP contribution < -0.4 is 21.3 Å². The van der Waals surface area contributed by atoms with Crippen molar-refractivity contribution in [2.24, 2.45) is 0 Å². The molecule has 1 spiro atoms. The first-order chi connectivity index (χ1) is 8.38. The van der Waals surface area contributed by atoms with Gasteiger partial charge in [-0.15, -0.1) is 0 Å². The van der Waals surface area contributed by atoms with Crippen molar-refractivity contribution in [2.75, 3.05) is 0 Å². The molecule has 0 radical (unpaired) electrons. The zero-order valence-electron chi connectivity index (χ0n) is 9.88. The van der Waals surface area contributed by atoms with Crippen molar-refractivity contribution in [1.29, 1.82) is 5.41 Å². The first-order valence-electron chi connectivity index (χ1n) is 5.51. The summed E-state index contributed by atoms with van der Waals surface area (Å²) < 4.78 is 5.76. The van der Waals surface area contributed by atoms with Crippen LogP contribution in [0.4, 0.5) is 9.59 Å². The molecule has 0 aromatic rings. The summed E-state index contributed by atoms with van der Waals surface area (Å²) in [6, 6.07) is -1.37. The predicted molar refractivity (Wildman–Crippen MR) is 60.8 cm³/mol. The average molecular weight is 251 g/mol. The molecule has 8 nitrogen and oxygen atoms in total. The second kappa shape index (κ2) is 3.02. The van der Waals surface area contributed by atoms with Crippen LogP contribution >= 0.6 is 0 Å². The lowest BCUT2D eigenvalue weighted by atomic mass is 9.74. The number of fused-ring (bicyclic) bond motifs is 2. The molecule has 0 aromatic heterocycles. The van der Waals surface area contributed by atoms with E-state index in [9.17, 15) is 9.59 Å². The van der Waals surface area contributed by atoms with E-state index in [1.54, 1.807) is 13.8 Å². The largest absolute Gasteiger partial charge is 0.333 e. The fraction of sp³-hybridized carbons (Fsp3) is 0.500. The molecular formula is C10H13N5O3. The van der Waals surface area contributed by atoms with Crippen molar-refractivity contribution >= 4 is 17.9 Å². The minimum absolute atomic E-state index is 0.0116. The Bertz CT molecular complexity index is 516. The maximum atomic E-state index is 11.5. The Morgan fingerprint density at radius 1 is 1.39 bits per heavy atom. The van der Waals surface area contributed by atoms with E-state index in [0.29, 0.717) is 0 Å². The van der Waals surface area contributed by atoms with Crippen LogP contribution in [-0.2, 0) is 4.74 Å². The molecule has 3 heterocycles. The third-order valence-electron chi connectivity index (χ3n) is 3.65. The van der Waals surface area contributed by atoms with Crippen molar-refractivity contribution in [3.8, 4) is 0 Å². The Labute approximate surface area is 103 Å². The number of ether oxygens (including phenoxy) is 1. The van der Waals surface area contributed by atoms with Crippen LogP contribution in [0.15, 0.2) is 11.8 Å². The third kappa shape index (κ3) is 1.10. The van der Waals surface area contributed by atoms with Gasteiger partial charge in [-0.1, -0.05) is 0 Å². The summed E-state index contributed by atoms with van der Waals surface area (Å²) in [5, 5.41) is 18.0. The minimum atomic E-state index is -1.07. The molecule has 96 valence electrons. The number of carbonyl (C=O) groups excluding carboxylic acids is 2. The number of amidine groups is 1. The molecule has 0 aromatic carbocycles. The van der Waals surface area contributed by atoms with Gasteiger partial charge in [0.25, 0.3) is 0 Å². The molecule has 5 N–H and O–H groups in total. The van der Waals surface area contributed by atoms with E-state index in [2.05, 4.69) is 21.3 Å². The molecule has 0 unspecified atom stereocenters. The van der Waals surface area contributed by atoms with Gasteiger partial charge in [0.05, 0.1) is 0 Å². The zero-order chi connectivity index (χ0) is 13.1. The number of amides is 4. The van der Waals surface area contributed by atoms with E-state index in [0.717, 1.165) is 5.57 Å². The predicted octanol–water partition coefficient (Wildman–Crippen LogP) is -0.653. The maximum absolute atomic E-state index is 11.5. The van der Waals surface area contributed by atoms with E-state index in [1.165, 1.54) is 6.20 Å². The van der Waals surface area contributed by atoms with Crippen LogP contribution in [-0.4, -0.2) is 35.3 Å². The summed E-state index contributed by atoms with van der Waals surface area (Å²) >= 11 is 0. The second-order valence-electron chi connectivity index (χ2n) is 4.78. The summed E-state index contributed by atoms with van der Waals surface area (Å²) in [6.07, 6.45) is 1.54. The molecule has 18 heavy (non-hydrogen) atoms. The fourth-order valence-electron chi connectivity index (χ4n) is 2.61. The van der Waals surface area contributed by atoms with Gasteiger partial charge in [0.1, 0.15) is 11.9 Å². The summed E-state index contributed by atoms with van der Waals surface area (Å²) in [5.41, 5.74) is -1.28. The second-order valence-corrected chi connectivity index (χ2v) is 4.78. The first-order valence-corrected chi connectivity index (χ1v) is 5.51. The summed E-state index contributed by atoms with van der Waals surface area (Å²) in [6.45, 7) is 3.48. The van der Waals surface area contributed by atoms with E-state index in [-0.39, 0.29) is 5.84 Å². The molecule has 2 fully saturated rings. The van der Waals surface area contributed by atoms with Gasteiger partial charge in [0, 0.05) is 6.20 Å². The molecule has 4 amide bonds. The Balaban J connectivity index is 2.00. The van der Waals surface area contributed by atoms with E-state index in [1.807, 2.05) is 0 Å². The molecule has 8 heteroatoms. The lowest BCUT2D eigenvalue weighted by molar-refractivity contribution is -0.249. The van der Waals surface area contributed by atoms with E-state index >= 15 is 0 Å². The minimum Gasteiger partial charge on any atom is -0.333 e. The van der Waals surface area contributed by atoms with Crippen LogP contribution in [0.5, 0.6) is 0 Å². The molecule has 0 aliphatic carbocycles. The van der Waals surface area contributed by atoms with Crippen molar-refractivity contribution in [3.05, 3.63) is 11.8 Å². The number of carbonyl (C=O) groups is 2. The normalized spacial score (nSPS) is 41.8. The van der Waals surface area contributed by atoms with Crippen molar-refractivity contribution in [2.45, 2.75) is 31.2 Å².